The molecule has 2 fully saturated rings. The van der Waals surface area contributed by atoms with Gasteiger partial charge in [-0.2, -0.15) is 0 Å². The Morgan fingerprint density at radius 1 is 1.33 bits per heavy atom. The molecule has 1 aliphatic heterocycles. The second-order valence-electron chi connectivity index (χ2n) is 4.58. The fourth-order valence-corrected chi connectivity index (χ4v) is 2.24. The standard InChI is InChI=1S/C10H20N2/c1-8-6-11-3-4-12(7-8)10-5-9(10)2/h8-11H,3-7H2,1-2H3. The monoisotopic (exact) mass is 168 g/mol. The SMILES string of the molecule is CC1CNCCN(C2CC2C)C1. The van der Waals surface area contributed by atoms with Crippen molar-refractivity contribution in [2.45, 2.75) is 26.3 Å². The third-order valence-electron chi connectivity index (χ3n) is 3.15. The van der Waals surface area contributed by atoms with Crippen LogP contribution in [0.5, 0.6) is 0 Å². The third kappa shape index (κ3) is 1.80. The fourth-order valence-electron chi connectivity index (χ4n) is 2.24. The average Bonchev–Trinajstić information content (AvgIpc) is 2.75. The van der Waals surface area contributed by atoms with Crippen molar-refractivity contribution in [3.05, 3.63) is 0 Å². The average molecular weight is 168 g/mol. The molecule has 0 bridgehead atoms. The van der Waals surface area contributed by atoms with Crippen molar-refractivity contribution in [2.24, 2.45) is 11.8 Å². The zero-order valence-electron chi connectivity index (χ0n) is 8.21. The molecule has 1 saturated heterocycles. The molecule has 2 rings (SSSR count). The molecule has 2 aliphatic rings. The van der Waals surface area contributed by atoms with E-state index in [0.717, 1.165) is 17.9 Å². The summed E-state index contributed by atoms with van der Waals surface area (Å²) in [7, 11) is 0. The summed E-state index contributed by atoms with van der Waals surface area (Å²) < 4.78 is 0. The van der Waals surface area contributed by atoms with E-state index in [-0.39, 0.29) is 0 Å². The van der Waals surface area contributed by atoms with Crippen LogP contribution in [0.4, 0.5) is 0 Å². The van der Waals surface area contributed by atoms with Crippen LogP contribution in [0.1, 0.15) is 20.3 Å². The molecule has 3 atom stereocenters. The van der Waals surface area contributed by atoms with Crippen molar-refractivity contribution in [1.29, 1.82) is 0 Å². The van der Waals surface area contributed by atoms with Gasteiger partial charge in [0.1, 0.15) is 0 Å². The summed E-state index contributed by atoms with van der Waals surface area (Å²) in [6, 6.07) is 0.923. The Balaban J connectivity index is 1.87. The lowest BCUT2D eigenvalue weighted by atomic mass is 10.2. The number of nitrogens with one attached hydrogen (secondary N) is 1. The molecule has 70 valence electrons. The Morgan fingerprint density at radius 2 is 2.08 bits per heavy atom. The van der Waals surface area contributed by atoms with Crippen molar-refractivity contribution in [1.82, 2.24) is 10.2 Å². The van der Waals surface area contributed by atoms with E-state index in [1.54, 1.807) is 0 Å². The molecule has 1 N–H and O–H groups in total. The number of hydrogen-bond donors (Lipinski definition) is 1. The summed E-state index contributed by atoms with van der Waals surface area (Å²) in [5.41, 5.74) is 0. The predicted octanol–water partition coefficient (Wildman–Crippen LogP) is 0.936. The van der Waals surface area contributed by atoms with Gasteiger partial charge in [-0.1, -0.05) is 13.8 Å². The zero-order valence-corrected chi connectivity index (χ0v) is 8.21. The minimum Gasteiger partial charge on any atom is -0.315 e. The van der Waals surface area contributed by atoms with Gasteiger partial charge in [-0.05, 0) is 24.8 Å². The second-order valence-corrected chi connectivity index (χ2v) is 4.58. The van der Waals surface area contributed by atoms with Crippen molar-refractivity contribution < 1.29 is 0 Å². The highest BCUT2D eigenvalue weighted by Crippen LogP contribution is 2.35. The molecule has 2 heteroatoms. The van der Waals surface area contributed by atoms with E-state index in [1.165, 1.54) is 32.6 Å². The largest absolute Gasteiger partial charge is 0.315 e. The first-order valence-electron chi connectivity index (χ1n) is 5.22. The van der Waals surface area contributed by atoms with E-state index in [2.05, 4.69) is 24.1 Å². The number of hydrogen-bond acceptors (Lipinski definition) is 2. The first-order chi connectivity index (χ1) is 5.77. The smallest absolute Gasteiger partial charge is 0.0125 e. The molecule has 1 heterocycles. The Bertz CT molecular complexity index is 158. The second kappa shape index (κ2) is 3.35. The molecule has 0 aromatic rings. The summed E-state index contributed by atoms with van der Waals surface area (Å²) in [5.74, 6) is 1.80. The van der Waals surface area contributed by atoms with Gasteiger partial charge in [0.05, 0.1) is 0 Å². The maximum Gasteiger partial charge on any atom is 0.0125 e. The van der Waals surface area contributed by atoms with Crippen LogP contribution in [0.25, 0.3) is 0 Å². The van der Waals surface area contributed by atoms with Crippen LogP contribution in [-0.4, -0.2) is 37.1 Å². The van der Waals surface area contributed by atoms with Gasteiger partial charge in [-0.25, -0.2) is 0 Å². The molecule has 0 aromatic heterocycles. The molecule has 0 radical (unpaired) electrons. The lowest BCUT2D eigenvalue weighted by Crippen LogP contribution is -2.32. The molecule has 1 aliphatic carbocycles. The maximum absolute atomic E-state index is 3.48. The van der Waals surface area contributed by atoms with Crippen LogP contribution in [-0.2, 0) is 0 Å². The summed E-state index contributed by atoms with van der Waals surface area (Å²) in [4.78, 5) is 2.68. The van der Waals surface area contributed by atoms with Gasteiger partial charge >= 0.3 is 0 Å². The van der Waals surface area contributed by atoms with Gasteiger partial charge < -0.3 is 5.32 Å². The topological polar surface area (TPSA) is 15.3 Å². The lowest BCUT2D eigenvalue weighted by molar-refractivity contribution is 0.246. The minimum atomic E-state index is 0.834. The summed E-state index contributed by atoms with van der Waals surface area (Å²) >= 11 is 0. The fraction of sp³-hybridized carbons (Fsp3) is 1.00. The molecule has 0 spiro atoms. The zero-order chi connectivity index (χ0) is 8.55. The summed E-state index contributed by atoms with van der Waals surface area (Å²) in [5, 5.41) is 3.48. The van der Waals surface area contributed by atoms with Crippen LogP contribution in [0.2, 0.25) is 0 Å². The Morgan fingerprint density at radius 3 is 2.75 bits per heavy atom. The van der Waals surface area contributed by atoms with E-state index < -0.39 is 0 Å². The van der Waals surface area contributed by atoms with Crippen LogP contribution >= 0.6 is 0 Å². The first kappa shape index (κ1) is 8.52. The molecular formula is C10H20N2. The van der Waals surface area contributed by atoms with Crippen molar-refractivity contribution in [3.8, 4) is 0 Å². The summed E-state index contributed by atoms with van der Waals surface area (Å²) in [6.07, 6.45) is 1.44. The number of rotatable bonds is 1. The number of nitrogens with zero attached hydrogens (tertiary/aromatic N) is 1. The van der Waals surface area contributed by atoms with E-state index >= 15 is 0 Å². The lowest BCUT2D eigenvalue weighted by Gasteiger charge is -2.21. The predicted molar refractivity (Wildman–Crippen MR) is 51.2 cm³/mol. The molecule has 2 nitrogen and oxygen atoms in total. The highest BCUT2D eigenvalue weighted by Gasteiger charge is 2.38. The Hall–Kier alpha value is -0.0800. The van der Waals surface area contributed by atoms with Crippen LogP contribution in [0.15, 0.2) is 0 Å². The maximum atomic E-state index is 3.48. The Kier molecular flexibility index (Phi) is 2.37. The third-order valence-corrected chi connectivity index (χ3v) is 3.15. The Labute approximate surface area is 75.3 Å². The van der Waals surface area contributed by atoms with Gasteiger partial charge in [0.2, 0.25) is 0 Å². The molecule has 0 aromatic carbocycles. The van der Waals surface area contributed by atoms with Gasteiger partial charge in [0.15, 0.2) is 0 Å². The van der Waals surface area contributed by atoms with E-state index in [0.29, 0.717) is 0 Å². The van der Waals surface area contributed by atoms with Crippen molar-refractivity contribution in [2.75, 3.05) is 26.2 Å². The van der Waals surface area contributed by atoms with E-state index in [9.17, 15) is 0 Å². The molecule has 3 unspecified atom stereocenters. The summed E-state index contributed by atoms with van der Waals surface area (Å²) in [6.45, 7) is 9.68. The molecular weight excluding hydrogens is 148 g/mol. The minimum absolute atomic E-state index is 0.834. The molecule has 12 heavy (non-hydrogen) atoms. The molecule has 0 amide bonds. The van der Waals surface area contributed by atoms with Crippen LogP contribution in [0, 0.1) is 11.8 Å². The van der Waals surface area contributed by atoms with Gasteiger partial charge in [0.25, 0.3) is 0 Å². The first-order valence-corrected chi connectivity index (χ1v) is 5.22. The van der Waals surface area contributed by atoms with Crippen molar-refractivity contribution >= 4 is 0 Å². The van der Waals surface area contributed by atoms with Gasteiger partial charge in [0, 0.05) is 25.7 Å². The molecule has 1 saturated carbocycles. The van der Waals surface area contributed by atoms with E-state index in [1.807, 2.05) is 0 Å². The van der Waals surface area contributed by atoms with Crippen LogP contribution in [0.3, 0.4) is 0 Å². The van der Waals surface area contributed by atoms with E-state index in [4.69, 9.17) is 0 Å². The normalized spacial score (nSPS) is 44.0. The highest BCUT2D eigenvalue weighted by molar-refractivity contribution is 4.93. The van der Waals surface area contributed by atoms with Gasteiger partial charge in [-0.15, -0.1) is 0 Å². The van der Waals surface area contributed by atoms with Crippen molar-refractivity contribution in [3.63, 3.8) is 0 Å². The highest BCUT2D eigenvalue weighted by atomic mass is 15.2. The van der Waals surface area contributed by atoms with Gasteiger partial charge in [-0.3, -0.25) is 4.90 Å². The quantitative estimate of drug-likeness (QED) is 0.627. The van der Waals surface area contributed by atoms with Crippen LogP contribution < -0.4 is 5.32 Å².